The first-order valence-electron chi connectivity index (χ1n) is 11.5. The highest BCUT2D eigenvalue weighted by Gasteiger charge is 2.28. The molecule has 2 aromatic heterocycles. The SMILES string of the molecule is COc1cnc2c(-c3nc4ccc5c(c4s3)C[C@@H](CNC(=O)O[C@H]3CCOC3)O5)cc(C)cc2n1. The van der Waals surface area contributed by atoms with Crippen LogP contribution >= 0.6 is 11.3 Å². The molecule has 0 spiro atoms. The molecule has 0 bridgehead atoms. The fourth-order valence-electron chi connectivity index (χ4n) is 4.52. The number of carbonyl (C=O) groups excluding carboxylic acids is 1. The Hall–Kier alpha value is -3.50. The van der Waals surface area contributed by atoms with Gasteiger partial charge in [-0.25, -0.2) is 19.7 Å². The Bertz CT molecular complexity index is 1430. The molecule has 2 aliphatic rings. The van der Waals surface area contributed by atoms with Crippen molar-refractivity contribution >= 4 is 38.7 Å². The highest BCUT2D eigenvalue weighted by atomic mass is 32.1. The van der Waals surface area contributed by atoms with Gasteiger partial charge < -0.3 is 24.3 Å². The van der Waals surface area contributed by atoms with Crippen molar-refractivity contribution in [3.63, 3.8) is 0 Å². The first-order valence-corrected chi connectivity index (χ1v) is 12.3. The van der Waals surface area contributed by atoms with Crippen LogP contribution in [0, 0.1) is 6.92 Å². The standard InChI is InChI=1S/C25H24N4O5S/c1-13-7-17(22-19(8-13)28-21(31-2)11-26-22)24-29-18-3-4-20-16(23(18)35-24)9-15(33-20)10-27-25(30)34-14-5-6-32-12-14/h3-4,7-8,11,14-15H,5-6,9-10,12H2,1-2H3,(H,27,30)/t14-,15-/m0/s1. The van der Waals surface area contributed by atoms with Gasteiger partial charge in [0.1, 0.15) is 23.0 Å². The van der Waals surface area contributed by atoms with Gasteiger partial charge in [0.25, 0.3) is 0 Å². The van der Waals surface area contributed by atoms with Gasteiger partial charge in [-0.05, 0) is 36.8 Å². The number of hydrogen-bond acceptors (Lipinski definition) is 9. The number of ether oxygens (including phenoxy) is 4. The summed E-state index contributed by atoms with van der Waals surface area (Å²) < 4.78 is 23.1. The van der Waals surface area contributed by atoms with Crippen molar-refractivity contribution in [2.45, 2.75) is 32.0 Å². The zero-order valence-corrected chi connectivity index (χ0v) is 20.2. The van der Waals surface area contributed by atoms with E-state index in [1.165, 1.54) is 0 Å². The molecule has 4 heterocycles. The average molecular weight is 493 g/mol. The molecule has 1 fully saturated rings. The van der Waals surface area contributed by atoms with Crippen LogP contribution in [0.25, 0.3) is 31.8 Å². The van der Waals surface area contributed by atoms with Crippen molar-refractivity contribution in [2.24, 2.45) is 0 Å². The maximum atomic E-state index is 12.1. The lowest BCUT2D eigenvalue weighted by molar-refractivity contribution is 0.0806. The Labute approximate surface area is 205 Å². The molecular formula is C25H24N4O5S. The quantitative estimate of drug-likeness (QED) is 0.445. The highest BCUT2D eigenvalue weighted by Crippen LogP contribution is 2.41. The molecule has 1 N–H and O–H groups in total. The fraction of sp³-hybridized carbons (Fsp3) is 0.360. The molecule has 180 valence electrons. The number of hydrogen-bond donors (Lipinski definition) is 1. The molecule has 10 heteroatoms. The second kappa shape index (κ2) is 8.94. The monoisotopic (exact) mass is 492 g/mol. The van der Waals surface area contributed by atoms with Crippen LogP contribution in [-0.4, -0.2) is 60.1 Å². The number of thiazole rings is 1. The van der Waals surface area contributed by atoms with Gasteiger partial charge in [-0.15, -0.1) is 11.3 Å². The predicted octanol–water partition coefficient (Wildman–Crippen LogP) is 4.04. The summed E-state index contributed by atoms with van der Waals surface area (Å²) in [5.41, 5.74) is 5.61. The van der Waals surface area contributed by atoms with Crippen LogP contribution in [0.4, 0.5) is 4.79 Å². The van der Waals surface area contributed by atoms with Crippen LogP contribution in [0.15, 0.2) is 30.5 Å². The van der Waals surface area contributed by atoms with Gasteiger partial charge in [-0.1, -0.05) is 0 Å². The summed E-state index contributed by atoms with van der Waals surface area (Å²) in [4.78, 5) is 26.2. The third-order valence-electron chi connectivity index (χ3n) is 6.19. The van der Waals surface area contributed by atoms with E-state index in [2.05, 4.69) is 21.4 Å². The molecule has 1 saturated heterocycles. The Morgan fingerprint density at radius 2 is 2.17 bits per heavy atom. The van der Waals surface area contributed by atoms with E-state index in [1.807, 2.05) is 25.1 Å². The maximum Gasteiger partial charge on any atom is 0.407 e. The van der Waals surface area contributed by atoms with Gasteiger partial charge in [0, 0.05) is 24.0 Å². The van der Waals surface area contributed by atoms with E-state index in [-0.39, 0.29) is 12.2 Å². The molecule has 35 heavy (non-hydrogen) atoms. The second-order valence-electron chi connectivity index (χ2n) is 8.72. The van der Waals surface area contributed by atoms with Crippen LogP contribution in [0.1, 0.15) is 17.5 Å². The van der Waals surface area contributed by atoms with Crippen LogP contribution in [0.2, 0.25) is 0 Å². The Balaban J connectivity index is 1.24. The summed E-state index contributed by atoms with van der Waals surface area (Å²) in [5, 5.41) is 3.70. The van der Waals surface area contributed by atoms with Crippen molar-refractivity contribution in [3.05, 3.63) is 41.6 Å². The molecule has 9 nitrogen and oxygen atoms in total. The molecule has 2 aliphatic heterocycles. The fourth-order valence-corrected chi connectivity index (χ4v) is 5.64. The number of fused-ring (bicyclic) bond motifs is 4. The highest BCUT2D eigenvalue weighted by molar-refractivity contribution is 7.22. The smallest absolute Gasteiger partial charge is 0.407 e. The number of amides is 1. The lowest BCUT2D eigenvalue weighted by Crippen LogP contribution is -2.36. The molecule has 0 saturated carbocycles. The van der Waals surface area contributed by atoms with Gasteiger partial charge in [0.15, 0.2) is 0 Å². The van der Waals surface area contributed by atoms with E-state index in [9.17, 15) is 4.79 Å². The number of rotatable bonds is 5. The minimum Gasteiger partial charge on any atom is -0.488 e. The normalized spacial score (nSPS) is 19.0. The number of aromatic nitrogens is 3. The molecule has 0 aliphatic carbocycles. The second-order valence-corrected chi connectivity index (χ2v) is 9.72. The summed E-state index contributed by atoms with van der Waals surface area (Å²) >= 11 is 1.62. The maximum absolute atomic E-state index is 12.1. The number of nitrogens with one attached hydrogen (secondary N) is 1. The summed E-state index contributed by atoms with van der Waals surface area (Å²) in [6.07, 6.45) is 2.28. The van der Waals surface area contributed by atoms with E-state index in [4.69, 9.17) is 23.9 Å². The number of methoxy groups -OCH3 is 1. The first kappa shape index (κ1) is 22.0. The van der Waals surface area contributed by atoms with Crippen LogP contribution in [-0.2, 0) is 15.9 Å². The minimum atomic E-state index is -0.436. The Morgan fingerprint density at radius 3 is 3.00 bits per heavy atom. The van der Waals surface area contributed by atoms with Crippen molar-refractivity contribution in [2.75, 3.05) is 26.9 Å². The minimum absolute atomic E-state index is 0.161. The average Bonchev–Trinajstić information content (AvgIpc) is 3.60. The number of aryl methyl sites for hydroxylation is 1. The summed E-state index contributed by atoms with van der Waals surface area (Å²) in [6.45, 7) is 3.49. The van der Waals surface area contributed by atoms with E-state index in [0.29, 0.717) is 32.1 Å². The molecule has 2 atom stereocenters. The van der Waals surface area contributed by atoms with Gasteiger partial charge in [0.05, 0.1) is 54.3 Å². The zero-order valence-electron chi connectivity index (χ0n) is 19.4. The summed E-state index contributed by atoms with van der Waals surface area (Å²) in [7, 11) is 1.58. The van der Waals surface area contributed by atoms with Crippen molar-refractivity contribution < 1.29 is 23.7 Å². The van der Waals surface area contributed by atoms with Gasteiger partial charge in [-0.3, -0.25) is 0 Å². The summed E-state index contributed by atoms with van der Waals surface area (Å²) in [5.74, 6) is 1.31. The zero-order chi connectivity index (χ0) is 23.9. The summed E-state index contributed by atoms with van der Waals surface area (Å²) in [6, 6.07) is 8.01. The third kappa shape index (κ3) is 4.23. The van der Waals surface area contributed by atoms with Crippen LogP contribution in [0.5, 0.6) is 11.6 Å². The van der Waals surface area contributed by atoms with E-state index in [0.717, 1.165) is 55.1 Å². The van der Waals surface area contributed by atoms with Gasteiger partial charge in [-0.2, -0.15) is 0 Å². The molecular weight excluding hydrogens is 468 g/mol. The number of carbonyl (C=O) groups is 1. The Kier molecular flexibility index (Phi) is 5.62. The number of alkyl carbamates (subject to hydrolysis) is 1. The third-order valence-corrected chi connectivity index (χ3v) is 7.35. The van der Waals surface area contributed by atoms with Crippen LogP contribution in [0.3, 0.4) is 0 Å². The molecule has 2 aromatic carbocycles. The first-order chi connectivity index (χ1) is 17.1. The predicted molar refractivity (Wildman–Crippen MR) is 131 cm³/mol. The molecule has 6 rings (SSSR count). The van der Waals surface area contributed by atoms with E-state index >= 15 is 0 Å². The topological polar surface area (TPSA) is 105 Å². The molecule has 4 aromatic rings. The number of benzene rings is 2. The van der Waals surface area contributed by atoms with Gasteiger partial charge in [0.2, 0.25) is 5.88 Å². The molecule has 0 unspecified atom stereocenters. The van der Waals surface area contributed by atoms with Crippen molar-refractivity contribution in [1.29, 1.82) is 0 Å². The largest absolute Gasteiger partial charge is 0.488 e. The lowest BCUT2D eigenvalue weighted by Gasteiger charge is -2.14. The van der Waals surface area contributed by atoms with Crippen molar-refractivity contribution in [1.82, 2.24) is 20.3 Å². The Morgan fingerprint density at radius 1 is 1.26 bits per heavy atom. The molecule has 0 radical (unpaired) electrons. The van der Waals surface area contributed by atoms with E-state index < -0.39 is 6.09 Å². The van der Waals surface area contributed by atoms with Crippen molar-refractivity contribution in [3.8, 4) is 22.2 Å². The lowest BCUT2D eigenvalue weighted by atomic mass is 10.1. The van der Waals surface area contributed by atoms with Crippen LogP contribution < -0.4 is 14.8 Å². The number of nitrogens with zero attached hydrogens (tertiary/aromatic N) is 3. The van der Waals surface area contributed by atoms with E-state index in [1.54, 1.807) is 24.6 Å². The molecule has 1 amide bonds. The van der Waals surface area contributed by atoms with Gasteiger partial charge >= 0.3 is 6.09 Å².